The summed E-state index contributed by atoms with van der Waals surface area (Å²) in [6, 6.07) is 7.20. The maximum absolute atomic E-state index is 8.78. The molecular weight excluding hydrogens is 244 g/mol. The van der Waals surface area contributed by atoms with Crippen LogP contribution in [-0.2, 0) is 0 Å². The zero-order valence-corrected chi connectivity index (χ0v) is 10.5. The van der Waals surface area contributed by atoms with Gasteiger partial charge in [0.1, 0.15) is 17.6 Å². The van der Waals surface area contributed by atoms with E-state index in [0.29, 0.717) is 17.2 Å². The third kappa shape index (κ3) is 2.40. The summed E-state index contributed by atoms with van der Waals surface area (Å²) in [7, 11) is 3.13. The predicted octanol–water partition coefficient (Wildman–Crippen LogP) is 1.61. The number of nitrogens with two attached hydrogens (primary N) is 1. The van der Waals surface area contributed by atoms with Crippen molar-refractivity contribution >= 4 is 5.82 Å². The summed E-state index contributed by atoms with van der Waals surface area (Å²) in [5.74, 6) is 1.37. The molecule has 0 spiro atoms. The summed E-state index contributed by atoms with van der Waals surface area (Å²) in [5.41, 5.74) is 7.03. The molecule has 1 aromatic carbocycles. The Morgan fingerprint density at radius 2 is 2.05 bits per heavy atom. The predicted molar refractivity (Wildman–Crippen MR) is 69.7 cm³/mol. The molecule has 96 valence electrons. The molecule has 1 heterocycles. The lowest BCUT2D eigenvalue weighted by Crippen LogP contribution is -2.00. The number of nitriles is 1. The van der Waals surface area contributed by atoms with Gasteiger partial charge in [-0.05, 0) is 12.1 Å². The van der Waals surface area contributed by atoms with Gasteiger partial charge in [-0.2, -0.15) is 5.26 Å². The average molecular weight is 256 g/mol. The zero-order chi connectivity index (χ0) is 13.8. The molecule has 0 atom stereocenters. The van der Waals surface area contributed by atoms with Gasteiger partial charge in [-0.25, -0.2) is 9.97 Å². The molecule has 6 nitrogen and oxygen atoms in total. The first kappa shape index (κ1) is 12.6. The van der Waals surface area contributed by atoms with Crippen molar-refractivity contribution in [1.29, 1.82) is 5.26 Å². The molecule has 0 saturated heterocycles. The average Bonchev–Trinajstić information content (AvgIpc) is 2.46. The number of nitrogens with zero attached hydrogens (tertiary/aromatic N) is 3. The van der Waals surface area contributed by atoms with Crippen LogP contribution in [0.15, 0.2) is 24.4 Å². The molecule has 2 N–H and O–H groups in total. The third-order valence-electron chi connectivity index (χ3n) is 2.59. The fraction of sp³-hybridized carbons (Fsp3) is 0.154. The topological polar surface area (TPSA) is 94.0 Å². The van der Waals surface area contributed by atoms with Gasteiger partial charge in [0.25, 0.3) is 0 Å². The normalized spacial score (nSPS) is 9.74. The first-order valence-electron chi connectivity index (χ1n) is 5.44. The summed E-state index contributed by atoms with van der Waals surface area (Å²) in [4.78, 5) is 8.11. The summed E-state index contributed by atoms with van der Waals surface area (Å²) in [5, 5.41) is 8.78. The van der Waals surface area contributed by atoms with E-state index < -0.39 is 0 Å². The highest BCUT2D eigenvalue weighted by Gasteiger charge is 2.11. The van der Waals surface area contributed by atoms with Crippen LogP contribution in [-0.4, -0.2) is 24.2 Å². The molecule has 0 aliphatic carbocycles. The van der Waals surface area contributed by atoms with Crippen LogP contribution >= 0.6 is 0 Å². The lowest BCUT2D eigenvalue weighted by Gasteiger charge is -2.10. The summed E-state index contributed by atoms with van der Waals surface area (Å²) in [6.45, 7) is 0. The lowest BCUT2D eigenvalue weighted by molar-refractivity contribution is 0.395. The van der Waals surface area contributed by atoms with Crippen molar-refractivity contribution in [3.05, 3.63) is 30.1 Å². The van der Waals surface area contributed by atoms with Crippen LogP contribution in [0.1, 0.15) is 5.69 Å². The van der Waals surface area contributed by atoms with Crippen molar-refractivity contribution in [1.82, 2.24) is 9.97 Å². The monoisotopic (exact) mass is 256 g/mol. The summed E-state index contributed by atoms with van der Waals surface area (Å²) >= 11 is 0. The van der Waals surface area contributed by atoms with Gasteiger partial charge < -0.3 is 15.2 Å². The van der Waals surface area contributed by atoms with E-state index in [2.05, 4.69) is 9.97 Å². The van der Waals surface area contributed by atoms with Crippen molar-refractivity contribution in [3.8, 4) is 28.8 Å². The molecule has 0 fully saturated rings. The van der Waals surface area contributed by atoms with E-state index >= 15 is 0 Å². The van der Waals surface area contributed by atoms with Crippen LogP contribution < -0.4 is 15.2 Å². The molecule has 2 aromatic rings. The van der Waals surface area contributed by atoms with E-state index in [4.69, 9.17) is 20.5 Å². The van der Waals surface area contributed by atoms with Gasteiger partial charge >= 0.3 is 0 Å². The Kier molecular flexibility index (Phi) is 3.48. The van der Waals surface area contributed by atoms with Gasteiger partial charge in [-0.15, -0.1) is 0 Å². The van der Waals surface area contributed by atoms with Gasteiger partial charge in [0.05, 0.1) is 26.1 Å². The fourth-order valence-corrected chi connectivity index (χ4v) is 1.63. The molecule has 0 radical (unpaired) electrons. The Morgan fingerprint density at radius 1 is 1.26 bits per heavy atom. The summed E-state index contributed by atoms with van der Waals surface area (Å²) < 4.78 is 10.4. The molecule has 0 bridgehead atoms. The number of aromatic nitrogens is 2. The molecule has 1 aromatic heterocycles. The van der Waals surface area contributed by atoms with Crippen molar-refractivity contribution in [2.24, 2.45) is 0 Å². The minimum atomic E-state index is 0.0953. The van der Waals surface area contributed by atoms with E-state index in [1.165, 1.54) is 6.20 Å². The molecule has 0 unspecified atom stereocenters. The second-order valence-electron chi connectivity index (χ2n) is 3.67. The molecule has 6 heteroatoms. The number of anilines is 1. The van der Waals surface area contributed by atoms with Crippen molar-refractivity contribution in [3.63, 3.8) is 0 Å². The number of methoxy groups -OCH3 is 2. The second kappa shape index (κ2) is 5.23. The first-order valence-corrected chi connectivity index (χ1v) is 5.44. The number of ether oxygens (including phenoxy) is 2. The quantitative estimate of drug-likeness (QED) is 0.896. The minimum Gasteiger partial charge on any atom is -0.497 e. The van der Waals surface area contributed by atoms with Crippen LogP contribution in [0, 0.1) is 11.3 Å². The largest absolute Gasteiger partial charge is 0.497 e. The first-order chi connectivity index (χ1) is 9.19. The number of benzene rings is 1. The van der Waals surface area contributed by atoms with Crippen molar-refractivity contribution in [2.75, 3.05) is 20.0 Å². The minimum absolute atomic E-state index is 0.0953. The highest BCUT2D eigenvalue weighted by molar-refractivity contribution is 5.69. The number of hydrogen-bond donors (Lipinski definition) is 1. The van der Waals surface area contributed by atoms with Crippen molar-refractivity contribution < 1.29 is 9.47 Å². The lowest BCUT2D eigenvalue weighted by atomic mass is 10.1. The fourth-order valence-electron chi connectivity index (χ4n) is 1.63. The molecule has 0 aliphatic rings. The molecular formula is C13H12N4O2. The van der Waals surface area contributed by atoms with Crippen molar-refractivity contribution in [2.45, 2.75) is 0 Å². The van der Waals surface area contributed by atoms with E-state index in [-0.39, 0.29) is 11.5 Å². The number of rotatable bonds is 3. The van der Waals surface area contributed by atoms with Gasteiger partial charge in [0, 0.05) is 11.6 Å². The number of nitrogen functional groups attached to an aromatic ring is 1. The maximum atomic E-state index is 8.78. The molecule has 0 saturated carbocycles. The third-order valence-corrected chi connectivity index (χ3v) is 2.59. The zero-order valence-electron chi connectivity index (χ0n) is 10.5. The smallest absolute Gasteiger partial charge is 0.182 e. The summed E-state index contributed by atoms with van der Waals surface area (Å²) in [6.07, 6.45) is 1.49. The Balaban J connectivity index is 2.53. The van der Waals surface area contributed by atoms with Crippen LogP contribution in [0.3, 0.4) is 0 Å². The van der Waals surface area contributed by atoms with E-state index in [1.54, 1.807) is 32.4 Å². The maximum Gasteiger partial charge on any atom is 0.182 e. The van der Waals surface area contributed by atoms with Crippen LogP contribution in [0.25, 0.3) is 11.3 Å². The number of hydrogen-bond acceptors (Lipinski definition) is 6. The Bertz CT molecular complexity index is 650. The van der Waals surface area contributed by atoms with Gasteiger partial charge in [0.2, 0.25) is 0 Å². The van der Waals surface area contributed by atoms with Crippen LogP contribution in [0.4, 0.5) is 5.82 Å². The Labute approximate surface area is 110 Å². The molecule has 2 rings (SSSR count). The Hall–Kier alpha value is -2.81. The highest BCUT2D eigenvalue weighted by Crippen LogP contribution is 2.32. The Morgan fingerprint density at radius 3 is 2.63 bits per heavy atom. The van der Waals surface area contributed by atoms with E-state index in [0.717, 1.165) is 5.56 Å². The van der Waals surface area contributed by atoms with Gasteiger partial charge in [-0.1, -0.05) is 0 Å². The van der Waals surface area contributed by atoms with E-state index in [9.17, 15) is 0 Å². The molecule has 0 aliphatic heterocycles. The van der Waals surface area contributed by atoms with Gasteiger partial charge in [0.15, 0.2) is 11.5 Å². The highest BCUT2D eigenvalue weighted by atomic mass is 16.5. The van der Waals surface area contributed by atoms with Crippen LogP contribution in [0.5, 0.6) is 11.5 Å². The molecule has 0 amide bonds. The van der Waals surface area contributed by atoms with E-state index in [1.807, 2.05) is 6.07 Å². The van der Waals surface area contributed by atoms with Crippen LogP contribution in [0.2, 0.25) is 0 Å². The van der Waals surface area contributed by atoms with Gasteiger partial charge in [-0.3, -0.25) is 0 Å². The standard InChI is InChI=1S/C13H12N4O2/c1-18-8-3-4-9(12(5-8)19-2)11-7-16-10(6-14)13(15)17-11/h3-5,7H,1-2H3,(H2,15,17). The second-order valence-corrected chi connectivity index (χ2v) is 3.67. The SMILES string of the molecule is COc1ccc(-c2cnc(C#N)c(N)n2)c(OC)c1. The molecule has 19 heavy (non-hydrogen) atoms.